The number of aldehydes is 1. The Bertz CT molecular complexity index is 281. The standard InChI is InChI=1S/C9H10O3/c1-2-12-8-5-3-4-7(6-10)9(8)11/h3-6,11H,2H2,1H3. The number of phenols is 1. The molecule has 0 aliphatic carbocycles. The smallest absolute Gasteiger partial charge is 0.168 e. The van der Waals surface area contributed by atoms with Gasteiger partial charge in [-0.25, -0.2) is 0 Å². The lowest BCUT2D eigenvalue weighted by Crippen LogP contribution is -1.93. The minimum atomic E-state index is -0.0886. The van der Waals surface area contributed by atoms with Crippen LogP contribution in [0.2, 0.25) is 0 Å². The van der Waals surface area contributed by atoms with Gasteiger partial charge in [-0.2, -0.15) is 0 Å². The molecule has 0 atom stereocenters. The Morgan fingerprint density at radius 3 is 2.92 bits per heavy atom. The molecule has 1 N–H and O–H groups in total. The molecular formula is C9H10O3. The minimum absolute atomic E-state index is 0.0886. The SMILES string of the molecule is CCOc1cccc(C=O)c1O. The number of carbonyl (C=O) groups is 1. The first-order valence-electron chi connectivity index (χ1n) is 3.69. The van der Waals surface area contributed by atoms with Gasteiger partial charge in [0.05, 0.1) is 12.2 Å². The molecule has 0 heterocycles. The fourth-order valence-electron chi connectivity index (χ4n) is 0.906. The molecule has 1 rings (SSSR count). The van der Waals surface area contributed by atoms with Gasteiger partial charge in [-0.3, -0.25) is 4.79 Å². The molecule has 0 saturated heterocycles. The number of ether oxygens (including phenoxy) is 1. The molecular weight excluding hydrogens is 156 g/mol. The zero-order chi connectivity index (χ0) is 8.97. The first-order valence-corrected chi connectivity index (χ1v) is 3.69. The van der Waals surface area contributed by atoms with E-state index in [-0.39, 0.29) is 11.3 Å². The van der Waals surface area contributed by atoms with Crippen LogP contribution in [-0.4, -0.2) is 18.0 Å². The summed E-state index contributed by atoms with van der Waals surface area (Å²) >= 11 is 0. The van der Waals surface area contributed by atoms with Crippen LogP contribution in [0.15, 0.2) is 18.2 Å². The molecule has 0 aliphatic heterocycles. The van der Waals surface area contributed by atoms with Gasteiger partial charge in [-0.1, -0.05) is 6.07 Å². The van der Waals surface area contributed by atoms with Crippen LogP contribution in [0.4, 0.5) is 0 Å². The van der Waals surface area contributed by atoms with Crippen LogP contribution in [-0.2, 0) is 0 Å². The van der Waals surface area contributed by atoms with Crippen LogP contribution >= 0.6 is 0 Å². The van der Waals surface area contributed by atoms with Crippen molar-refractivity contribution in [1.82, 2.24) is 0 Å². The summed E-state index contributed by atoms with van der Waals surface area (Å²) in [7, 11) is 0. The molecule has 0 unspecified atom stereocenters. The molecule has 0 aliphatic rings. The molecule has 0 saturated carbocycles. The van der Waals surface area contributed by atoms with E-state index in [1.165, 1.54) is 6.07 Å². The van der Waals surface area contributed by atoms with Gasteiger partial charge >= 0.3 is 0 Å². The Kier molecular flexibility index (Phi) is 2.69. The Balaban J connectivity index is 3.04. The Hall–Kier alpha value is -1.51. The van der Waals surface area contributed by atoms with Gasteiger partial charge in [0.1, 0.15) is 0 Å². The van der Waals surface area contributed by atoms with Gasteiger partial charge < -0.3 is 9.84 Å². The number of hydrogen-bond acceptors (Lipinski definition) is 3. The van der Waals surface area contributed by atoms with Gasteiger partial charge in [0, 0.05) is 0 Å². The van der Waals surface area contributed by atoms with E-state index in [9.17, 15) is 9.90 Å². The zero-order valence-electron chi connectivity index (χ0n) is 6.78. The van der Waals surface area contributed by atoms with Gasteiger partial charge in [-0.15, -0.1) is 0 Å². The number of rotatable bonds is 3. The fourth-order valence-corrected chi connectivity index (χ4v) is 0.906. The maximum atomic E-state index is 10.4. The second-order valence-electron chi connectivity index (χ2n) is 2.24. The molecule has 0 aromatic heterocycles. The van der Waals surface area contributed by atoms with Crippen LogP contribution in [0.25, 0.3) is 0 Å². The molecule has 1 aromatic carbocycles. The maximum absolute atomic E-state index is 10.4. The third-order valence-corrected chi connectivity index (χ3v) is 1.46. The topological polar surface area (TPSA) is 46.5 Å². The summed E-state index contributed by atoms with van der Waals surface area (Å²) in [6.45, 7) is 2.28. The van der Waals surface area contributed by atoms with E-state index in [0.29, 0.717) is 18.6 Å². The Morgan fingerprint density at radius 1 is 1.58 bits per heavy atom. The Labute approximate surface area is 70.6 Å². The highest BCUT2D eigenvalue weighted by atomic mass is 16.5. The third-order valence-electron chi connectivity index (χ3n) is 1.46. The monoisotopic (exact) mass is 166 g/mol. The molecule has 0 amide bonds. The van der Waals surface area contributed by atoms with Crippen molar-refractivity contribution >= 4 is 6.29 Å². The molecule has 1 aromatic rings. The minimum Gasteiger partial charge on any atom is -0.504 e. The summed E-state index contributed by atoms with van der Waals surface area (Å²) in [6.07, 6.45) is 0.595. The van der Waals surface area contributed by atoms with Crippen LogP contribution in [0, 0.1) is 0 Å². The molecule has 0 radical (unpaired) electrons. The summed E-state index contributed by atoms with van der Waals surface area (Å²) in [5.74, 6) is 0.261. The van der Waals surface area contributed by atoms with E-state index in [1.54, 1.807) is 12.1 Å². The number of hydrogen-bond donors (Lipinski definition) is 1. The van der Waals surface area contributed by atoms with E-state index >= 15 is 0 Å². The number of aromatic hydroxyl groups is 1. The quantitative estimate of drug-likeness (QED) is 0.694. The second kappa shape index (κ2) is 3.76. The summed E-state index contributed by atoms with van der Waals surface area (Å²) < 4.78 is 5.07. The molecule has 0 bridgehead atoms. The first-order chi connectivity index (χ1) is 5.79. The van der Waals surface area contributed by atoms with Crippen LogP contribution < -0.4 is 4.74 Å². The van der Waals surface area contributed by atoms with E-state index in [1.807, 2.05) is 6.92 Å². The van der Waals surface area contributed by atoms with Gasteiger partial charge in [-0.05, 0) is 19.1 Å². The largest absolute Gasteiger partial charge is 0.504 e. The second-order valence-corrected chi connectivity index (χ2v) is 2.24. The predicted octanol–water partition coefficient (Wildman–Crippen LogP) is 1.60. The van der Waals surface area contributed by atoms with Gasteiger partial charge in [0.2, 0.25) is 0 Å². The van der Waals surface area contributed by atoms with E-state index in [2.05, 4.69) is 0 Å². The lowest BCUT2D eigenvalue weighted by Gasteiger charge is -2.05. The Morgan fingerprint density at radius 2 is 2.33 bits per heavy atom. The van der Waals surface area contributed by atoms with Gasteiger partial charge in [0.25, 0.3) is 0 Å². The molecule has 0 fully saturated rings. The summed E-state index contributed by atoms with van der Waals surface area (Å²) in [5, 5.41) is 9.36. The molecule has 0 spiro atoms. The van der Waals surface area contributed by atoms with Crippen molar-refractivity contribution in [2.45, 2.75) is 6.92 Å². The molecule has 64 valence electrons. The lowest BCUT2D eigenvalue weighted by atomic mass is 10.2. The zero-order valence-corrected chi connectivity index (χ0v) is 6.78. The van der Waals surface area contributed by atoms with Gasteiger partial charge in [0.15, 0.2) is 17.8 Å². The highest BCUT2D eigenvalue weighted by Gasteiger charge is 2.05. The molecule has 12 heavy (non-hydrogen) atoms. The van der Waals surface area contributed by atoms with Crippen molar-refractivity contribution < 1.29 is 14.6 Å². The average Bonchev–Trinajstić information content (AvgIpc) is 2.09. The average molecular weight is 166 g/mol. The number of phenolic OH excluding ortho intramolecular Hbond substituents is 1. The highest BCUT2D eigenvalue weighted by Crippen LogP contribution is 2.28. The van der Waals surface area contributed by atoms with E-state index in [4.69, 9.17) is 4.74 Å². The number of carbonyl (C=O) groups excluding carboxylic acids is 1. The third kappa shape index (κ3) is 1.56. The van der Waals surface area contributed by atoms with Crippen LogP contribution in [0.5, 0.6) is 11.5 Å². The highest BCUT2D eigenvalue weighted by molar-refractivity contribution is 5.80. The molecule has 3 nitrogen and oxygen atoms in total. The lowest BCUT2D eigenvalue weighted by molar-refractivity contribution is 0.112. The van der Waals surface area contributed by atoms with E-state index in [0.717, 1.165) is 0 Å². The van der Waals surface area contributed by atoms with Crippen molar-refractivity contribution in [2.24, 2.45) is 0 Å². The summed E-state index contributed by atoms with van der Waals surface area (Å²) in [6, 6.07) is 4.81. The normalized spacial score (nSPS) is 9.42. The van der Waals surface area contributed by atoms with Crippen molar-refractivity contribution in [3.63, 3.8) is 0 Å². The number of benzene rings is 1. The summed E-state index contributed by atoms with van der Waals surface area (Å²) in [5.41, 5.74) is 0.251. The van der Waals surface area contributed by atoms with Crippen LogP contribution in [0.1, 0.15) is 17.3 Å². The van der Waals surface area contributed by atoms with Crippen LogP contribution in [0.3, 0.4) is 0 Å². The first kappa shape index (κ1) is 8.59. The fraction of sp³-hybridized carbons (Fsp3) is 0.222. The maximum Gasteiger partial charge on any atom is 0.168 e. The summed E-state index contributed by atoms with van der Waals surface area (Å²) in [4.78, 5) is 10.4. The van der Waals surface area contributed by atoms with Crippen molar-refractivity contribution in [3.05, 3.63) is 23.8 Å². The van der Waals surface area contributed by atoms with Crippen molar-refractivity contribution in [3.8, 4) is 11.5 Å². The predicted molar refractivity (Wildman–Crippen MR) is 44.7 cm³/mol. The van der Waals surface area contributed by atoms with Crippen molar-refractivity contribution in [1.29, 1.82) is 0 Å². The molecule has 3 heteroatoms. The van der Waals surface area contributed by atoms with E-state index < -0.39 is 0 Å². The van der Waals surface area contributed by atoms with Crippen molar-refractivity contribution in [2.75, 3.05) is 6.61 Å². The number of para-hydroxylation sites is 1.